The van der Waals surface area contributed by atoms with Crippen LogP contribution in [0.4, 0.5) is 0 Å². The molecule has 3 unspecified atom stereocenters. The monoisotopic (exact) mass is 399 g/mol. The Morgan fingerprint density at radius 2 is 1.90 bits per heavy atom. The number of fused-ring (bicyclic) bond motifs is 1. The number of hydrogen-bond donors (Lipinski definition) is 0. The van der Waals surface area contributed by atoms with E-state index in [9.17, 15) is 14.4 Å². The van der Waals surface area contributed by atoms with Crippen LogP contribution in [0.2, 0.25) is 0 Å². The highest BCUT2D eigenvalue weighted by Gasteiger charge is 2.47. The molecule has 1 saturated carbocycles. The van der Waals surface area contributed by atoms with Gasteiger partial charge >= 0.3 is 0 Å². The molecule has 0 N–H and O–H groups in total. The number of aromatic nitrogens is 1. The second-order valence-corrected chi connectivity index (χ2v) is 8.35. The molecule has 29 heavy (non-hydrogen) atoms. The van der Waals surface area contributed by atoms with Crippen molar-refractivity contribution in [2.24, 2.45) is 11.8 Å². The summed E-state index contributed by atoms with van der Waals surface area (Å²) in [5, 5.41) is 0. The van der Waals surface area contributed by atoms with Gasteiger partial charge in [0.2, 0.25) is 17.7 Å². The van der Waals surface area contributed by atoms with E-state index in [0.29, 0.717) is 13.1 Å². The molecule has 4 rings (SSSR count). The molecule has 156 valence electrons. The minimum absolute atomic E-state index is 0.0496. The van der Waals surface area contributed by atoms with Crippen LogP contribution in [0, 0.1) is 11.8 Å². The van der Waals surface area contributed by atoms with Gasteiger partial charge in [-0.25, -0.2) is 0 Å². The highest BCUT2D eigenvalue weighted by Crippen LogP contribution is 2.38. The number of nitrogens with zero attached hydrogens (tertiary/aromatic N) is 3. The summed E-state index contributed by atoms with van der Waals surface area (Å²) in [4.78, 5) is 45.6. The first-order valence-corrected chi connectivity index (χ1v) is 10.8. The van der Waals surface area contributed by atoms with E-state index >= 15 is 0 Å². The molecule has 3 aliphatic rings. The van der Waals surface area contributed by atoms with Gasteiger partial charge in [-0.05, 0) is 37.3 Å². The van der Waals surface area contributed by atoms with Crippen molar-refractivity contribution in [2.45, 2.75) is 57.6 Å². The molecule has 1 aromatic rings. The molecule has 3 atom stereocenters. The van der Waals surface area contributed by atoms with Crippen LogP contribution in [0.1, 0.15) is 50.5 Å². The zero-order chi connectivity index (χ0) is 20.2. The molecule has 1 aromatic heterocycles. The van der Waals surface area contributed by atoms with Crippen LogP contribution in [0.25, 0.3) is 0 Å². The fraction of sp³-hybridized carbons (Fsp3) is 0.636. The van der Waals surface area contributed by atoms with Crippen LogP contribution in [0.3, 0.4) is 0 Å². The van der Waals surface area contributed by atoms with E-state index in [1.807, 2.05) is 12.1 Å². The number of hydrogen-bond acceptors (Lipinski definition) is 5. The fourth-order valence-electron chi connectivity index (χ4n) is 4.82. The van der Waals surface area contributed by atoms with E-state index in [0.717, 1.165) is 50.7 Å². The predicted molar refractivity (Wildman–Crippen MR) is 105 cm³/mol. The smallest absolute Gasteiger partial charge is 0.233 e. The Kier molecular flexibility index (Phi) is 6.23. The lowest BCUT2D eigenvalue weighted by Crippen LogP contribution is -2.40. The highest BCUT2D eigenvalue weighted by molar-refractivity contribution is 6.05. The minimum atomic E-state index is -0.162. The van der Waals surface area contributed by atoms with E-state index < -0.39 is 0 Å². The van der Waals surface area contributed by atoms with E-state index in [1.165, 1.54) is 4.90 Å². The normalized spacial score (nSPS) is 26.6. The van der Waals surface area contributed by atoms with Gasteiger partial charge in [0.05, 0.1) is 17.9 Å². The summed E-state index contributed by atoms with van der Waals surface area (Å²) in [6.07, 6.45) is 9.24. The SMILES string of the molecule is O=C(CCN1C(=O)C2CCCCC2C1=O)N(Cc1cccnc1)CC1CCCO1. The third-order valence-electron chi connectivity index (χ3n) is 6.38. The second-order valence-electron chi connectivity index (χ2n) is 8.35. The number of ether oxygens (including phenoxy) is 1. The maximum absolute atomic E-state index is 13.0. The third kappa shape index (κ3) is 4.50. The van der Waals surface area contributed by atoms with Gasteiger partial charge in [-0.3, -0.25) is 24.3 Å². The zero-order valence-corrected chi connectivity index (χ0v) is 16.8. The van der Waals surface area contributed by atoms with Crippen LogP contribution in [0.5, 0.6) is 0 Å². The molecule has 3 amide bonds. The van der Waals surface area contributed by atoms with Gasteiger partial charge in [-0.2, -0.15) is 0 Å². The lowest BCUT2D eigenvalue weighted by Gasteiger charge is -2.26. The number of amides is 3. The van der Waals surface area contributed by atoms with Gasteiger partial charge < -0.3 is 9.64 Å². The summed E-state index contributed by atoms with van der Waals surface area (Å²) >= 11 is 0. The van der Waals surface area contributed by atoms with E-state index in [1.54, 1.807) is 17.3 Å². The largest absolute Gasteiger partial charge is 0.376 e. The molecule has 0 aromatic carbocycles. The van der Waals surface area contributed by atoms with E-state index in [-0.39, 0.29) is 48.6 Å². The van der Waals surface area contributed by atoms with Gasteiger partial charge in [0, 0.05) is 45.1 Å². The molecular weight excluding hydrogens is 370 g/mol. The molecule has 2 saturated heterocycles. The Labute approximate surface area is 171 Å². The third-order valence-corrected chi connectivity index (χ3v) is 6.38. The topological polar surface area (TPSA) is 79.8 Å². The lowest BCUT2D eigenvalue weighted by molar-refractivity contribution is -0.141. The summed E-state index contributed by atoms with van der Waals surface area (Å²) < 4.78 is 5.72. The summed E-state index contributed by atoms with van der Waals surface area (Å²) in [7, 11) is 0. The van der Waals surface area contributed by atoms with Gasteiger partial charge in [0.25, 0.3) is 0 Å². The highest BCUT2D eigenvalue weighted by atomic mass is 16.5. The van der Waals surface area contributed by atoms with Crippen molar-refractivity contribution in [2.75, 3.05) is 19.7 Å². The van der Waals surface area contributed by atoms with Crippen LogP contribution >= 0.6 is 0 Å². The first kappa shape index (κ1) is 20.0. The molecule has 2 aliphatic heterocycles. The van der Waals surface area contributed by atoms with E-state index in [4.69, 9.17) is 4.74 Å². The number of carbonyl (C=O) groups is 3. The second kappa shape index (κ2) is 9.03. The molecule has 3 fully saturated rings. The number of carbonyl (C=O) groups excluding carboxylic acids is 3. The quantitative estimate of drug-likeness (QED) is 0.657. The Morgan fingerprint density at radius 1 is 1.14 bits per heavy atom. The van der Waals surface area contributed by atoms with Gasteiger partial charge in [-0.1, -0.05) is 18.9 Å². The Morgan fingerprint density at radius 3 is 2.52 bits per heavy atom. The first-order chi connectivity index (χ1) is 14.1. The number of pyridine rings is 1. The standard InChI is InChI=1S/C22H29N3O4/c26-20(9-11-25-21(27)18-7-1-2-8-19(18)22(25)28)24(15-17-6-4-12-29-17)14-16-5-3-10-23-13-16/h3,5,10,13,17-19H,1-2,4,6-9,11-12,14-15H2. The van der Waals surface area contributed by atoms with Crippen molar-refractivity contribution in [1.29, 1.82) is 0 Å². The average Bonchev–Trinajstić information content (AvgIpc) is 3.34. The summed E-state index contributed by atoms with van der Waals surface area (Å²) in [6, 6.07) is 3.80. The van der Waals surface area contributed by atoms with Crippen molar-refractivity contribution in [3.63, 3.8) is 0 Å². The molecular formula is C22H29N3O4. The zero-order valence-electron chi connectivity index (χ0n) is 16.8. The van der Waals surface area contributed by atoms with Crippen molar-refractivity contribution >= 4 is 17.7 Å². The average molecular weight is 399 g/mol. The van der Waals surface area contributed by atoms with Crippen LogP contribution in [-0.2, 0) is 25.7 Å². The van der Waals surface area contributed by atoms with Crippen molar-refractivity contribution < 1.29 is 19.1 Å². The molecule has 3 heterocycles. The van der Waals surface area contributed by atoms with Crippen LogP contribution < -0.4 is 0 Å². The minimum Gasteiger partial charge on any atom is -0.376 e. The van der Waals surface area contributed by atoms with Crippen LogP contribution in [-0.4, -0.2) is 58.3 Å². The Bertz CT molecular complexity index is 724. The predicted octanol–water partition coefficient (Wildman–Crippen LogP) is 2.15. The summed E-state index contributed by atoms with van der Waals surface area (Å²) in [5.41, 5.74) is 0.957. The maximum atomic E-state index is 13.0. The van der Waals surface area contributed by atoms with Crippen LogP contribution in [0.15, 0.2) is 24.5 Å². The number of likely N-dealkylation sites (tertiary alicyclic amines) is 1. The Hall–Kier alpha value is -2.28. The number of imide groups is 1. The molecule has 7 nitrogen and oxygen atoms in total. The van der Waals surface area contributed by atoms with E-state index in [2.05, 4.69) is 4.98 Å². The Balaban J connectivity index is 1.39. The molecule has 0 radical (unpaired) electrons. The molecule has 1 aliphatic carbocycles. The summed E-state index contributed by atoms with van der Waals surface area (Å²) in [5.74, 6) is -0.537. The maximum Gasteiger partial charge on any atom is 0.233 e. The first-order valence-electron chi connectivity index (χ1n) is 10.8. The summed E-state index contributed by atoms with van der Waals surface area (Å²) in [6.45, 7) is 1.90. The van der Waals surface area contributed by atoms with Gasteiger partial charge in [-0.15, -0.1) is 0 Å². The molecule has 0 bridgehead atoms. The van der Waals surface area contributed by atoms with Gasteiger partial charge in [0.15, 0.2) is 0 Å². The molecule has 0 spiro atoms. The van der Waals surface area contributed by atoms with Crippen molar-refractivity contribution in [1.82, 2.24) is 14.8 Å². The lowest BCUT2D eigenvalue weighted by atomic mass is 9.81. The fourth-order valence-corrected chi connectivity index (χ4v) is 4.82. The van der Waals surface area contributed by atoms with Crippen molar-refractivity contribution in [3.05, 3.63) is 30.1 Å². The molecule has 7 heteroatoms. The van der Waals surface area contributed by atoms with Gasteiger partial charge in [0.1, 0.15) is 0 Å². The van der Waals surface area contributed by atoms with Crippen molar-refractivity contribution in [3.8, 4) is 0 Å². The number of rotatable bonds is 7.